The quantitative estimate of drug-likeness (QED) is 0.678. The second-order valence-corrected chi connectivity index (χ2v) is 7.14. The van der Waals surface area contributed by atoms with Gasteiger partial charge in [-0.1, -0.05) is 11.6 Å². The van der Waals surface area contributed by atoms with E-state index in [9.17, 15) is 13.6 Å². The second kappa shape index (κ2) is 8.31. The Kier molecular flexibility index (Phi) is 5.60. The number of amides is 1. The normalized spacial score (nSPS) is 17.1. The molecule has 0 spiro atoms. The van der Waals surface area contributed by atoms with Gasteiger partial charge in [0.2, 0.25) is 5.55 Å². The van der Waals surface area contributed by atoms with Crippen LogP contribution in [0.5, 0.6) is 0 Å². The van der Waals surface area contributed by atoms with Crippen molar-refractivity contribution in [2.24, 2.45) is 4.99 Å². The van der Waals surface area contributed by atoms with Gasteiger partial charge in [-0.15, -0.1) is 0 Å². The lowest BCUT2D eigenvalue weighted by atomic mass is 10.1. The highest BCUT2D eigenvalue weighted by Gasteiger charge is 2.19. The van der Waals surface area contributed by atoms with Crippen molar-refractivity contribution in [2.75, 3.05) is 13.2 Å². The van der Waals surface area contributed by atoms with Crippen molar-refractivity contribution in [3.63, 3.8) is 0 Å². The van der Waals surface area contributed by atoms with Gasteiger partial charge >= 0.3 is 0 Å². The minimum absolute atomic E-state index is 0.0492. The van der Waals surface area contributed by atoms with Crippen LogP contribution in [0.2, 0.25) is 5.02 Å². The van der Waals surface area contributed by atoms with E-state index in [1.165, 1.54) is 0 Å². The monoisotopic (exact) mass is 418 g/mol. The van der Waals surface area contributed by atoms with Gasteiger partial charge in [0.05, 0.1) is 6.10 Å². The van der Waals surface area contributed by atoms with Crippen molar-refractivity contribution >= 4 is 34.2 Å². The molecule has 1 amide bonds. The number of rotatable bonds is 4. The maximum Gasteiger partial charge on any atom is 0.256 e. The largest absolute Gasteiger partial charge is 0.438 e. The van der Waals surface area contributed by atoms with Gasteiger partial charge < -0.3 is 14.5 Å². The Bertz CT molecular complexity index is 1140. The molecule has 1 aromatic heterocycles. The average Bonchev–Trinajstić information content (AvgIpc) is 3.22. The fraction of sp³-hybridized carbons (Fsp3) is 0.238. The standard InChI is InChI=1S/C21H17ClF2N2O3/c22-13-3-6-19-12(8-13)9-16(20(27)25-11-15-2-1-7-28-15)21(29-19)26-18-10-14(23)4-5-17(18)24/h3-6,8-10,15H,1-2,7,11H2,(H,25,27)/t15-/m1/s1. The molecule has 8 heteroatoms. The zero-order chi connectivity index (χ0) is 20.4. The number of hydrogen-bond donors (Lipinski definition) is 1. The SMILES string of the molecule is O=C(NC[C@H]1CCCO1)c1cc2cc(Cl)ccc2oc1=Nc1cc(F)ccc1F. The van der Waals surface area contributed by atoms with Gasteiger partial charge in [0.25, 0.3) is 5.91 Å². The molecule has 0 unspecified atom stereocenters. The summed E-state index contributed by atoms with van der Waals surface area (Å²) in [6.45, 7) is 1.00. The first kappa shape index (κ1) is 19.5. The van der Waals surface area contributed by atoms with Gasteiger partial charge in [0, 0.05) is 29.6 Å². The first-order chi connectivity index (χ1) is 14.0. The molecule has 1 saturated heterocycles. The zero-order valence-corrected chi connectivity index (χ0v) is 16.0. The molecular formula is C21H17ClF2N2O3. The van der Waals surface area contributed by atoms with E-state index in [0.717, 1.165) is 31.0 Å². The molecule has 0 aliphatic carbocycles. The van der Waals surface area contributed by atoms with E-state index >= 15 is 0 Å². The molecule has 150 valence electrons. The maximum absolute atomic E-state index is 14.1. The lowest BCUT2D eigenvalue weighted by molar-refractivity contribution is 0.0854. The van der Waals surface area contributed by atoms with Crippen molar-refractivity contribution in [3.05, 3.63) is 70.2 Å². The number of ether oxygens (including phenoxy) is 1. The van der Waals surface area contributed by atoms with Crippen molar-refractivity contribution in [3.8, 4) is 0 Å². The van der Waals surface area contributed by atoms with E-state index in [2.05, 4.69) is 10.3 Å². The second-order valence-electron chi connectivity index (χ2n) is 6.70. The Morgan fingerprint density at radius 3 is 2.86 bits per heavy atom. The summed E-state index contributed by atoms with van der Waals surface area (Å²) in [4.78, 5) is 16.9. The summed E-state index contributed by atoms with van der Waals surface area (Å²) in [5.74, 6) is -1.84. The molecular weight excluding hydrogens is 402 g/mol. The predicted octanol–water partition coefficient (Wildman–Crippen LogP) is 4.51. The third-order valence-corrected chi connectivity index (χ3v) is 4.83. The van der Waals surface area contributed by atoms with Gasteiger partial charge in [0.15, 0.2) is 0 Å². The number of benzene rings is 2. The molecule has 0 radical (unpaired) electrons. The number of nitrogens with zero attached hydrogens (tertiary/aromatic N) is 1. The Morgan fingerprint density at radius 2 is 2.07 bits per heavy atom. The van der Waals surface area contributed by atoms with Crippen molar-refractivity contribution in [1.82, 2.24) is 5.32 Å². The Hall–Kier alpha value is -2.77. The van der Waals surface area contributed by atoms with Crippen LogP contribution in [0.3, 0.4) is 0 Å². The molecule has 4 rings (SSSR count). The smallest absolute Gasteiger partial charge is 0.256 e. The first-order valence-corrected chi connectivity index (χ1v) is 9.50. The average molecular weight is 419 g/mol. The molecule has 1 N–H and O–H groups in total. The summed E-state index contributed by atoms with van der Waals surface area (Å²) < 4.78 is 38.8. The van der Waals surface area contributed by atoms with Crippen LogP contribution in [0, 0.1) is 11.6 Å². The molecule has 1 aliphatic heterocycles. The van der Waals surface area contributed by atoms with E-state index in [-0.39, 0.29) is 22.9 Å². The number of carbonyl (C=O) groups excluding carboxylic acids is 1. The highest BCUT2D eigenvalue weighted by Crippen LogP contribution is 2.21. The van der Waals surface area contributed by atoms with Gasteiger partial charge in [-0.05, 0) is 49.2 Å². The molecule has 1 atom stereocenters. The molecule has 0 bridgehead atoms. The minimum Gasteiger partial charge on any atom is -0.438 e. The summed E-state index contributed by atoms with van der Waals surface area (Å²) in [7, 11) is 0. The van der Waals surface area contributed by atoms with Crippen LogP contribution in [-0.4, -0.2) is 25.2 Å². The topological polar surface area (TPSA) is 63.8 Å². The van der Waals surface area contributed by atoms with E-state index in [0.29, 0.717) is 29.1 Å². The molecule has 2 aromatic carbocycles. The van der Waals surface area contributed by atoms with Crippen LogP contribution in [0.1, 0.15) is 23.2 Å². The van der Waals surface area contributed by atoms with E-state index < -0.39 is 17.5 Å². The molecule has 5 nitrogen and oxygen atoms in total. The van der Waals surface area contributed by atoms with Crippen LogP contribution >= 0.6 is 11.6 Å². The van der Waals surface area contributed by atoms with Crippen molar-refractivity contribution < 1.29 is 22.7 Å². The Balaban J connectivity index is 1.79. The van der Waals surface area contributed by atoms with E-state index in [4.69, 9.17) is 20.8 Å². The number of nitrogens with one attached hydrogen (secondary N) is 1. The summed E-state index contributed by atoms with van der Waals surface area (Å²) in [6, 6.07) is 9.33. The zero-order valence-electron chi connectivity index (χ0n) is 15.3. The molecule has 2 heterocycles. The van der Waals surface area contributed by atoms with Crippen LogP contribution in [-0.2, 0) is 4.74 Å². The molecule has 1 aliphatic rings. The molecule has 0 saturated carbocycles. The highest BCUT2D eigenvalue weighted by atomic mass is 35.5. The third kappa shape index (κ3) is 4.46. The molecule has 1 fully saturated rings. The maximum atomic E-state index is 14.1. The lowest BCUT2D eigenvalue weighted by Gasteiger charge is -2.11. The van der Waals surface area contributed by atoms with Crippen LogP contribution in [0.4, 0.5) is 14.5 Å². The Labute approximate surface area is 170 Å². The van der Waals surface area contributed by atoms with Gasteiger partial charge in [-0.2, -0.15) is 0 Å². The minimum atomic E-state index is -0.733. The summed E-state index contributed by atoms with van der Waals surface area (Å²) in [5.41, 5.74) is 0.0893. The van der Waals surface area contributed by atoms with Crippen LogP contribution in [0.15, 0.2) is 51.9 Å². The first-order valence-electron chi connectivity index (χ1n) is 9.12. The summed E-state index contributed by atoms with van der Waals surface area (Å²) in [5, 5.41) is 3.84. The fourth-order valence-corrected chi connectivity index (χ4v) is 3.32. The number of hydrogen-bond acceptors (Lipinski definition) is 4. The summed E-state index contributed by atoms with van der Waals surface area (Å²) in [6.07, 6.45) is 1.76. The van der Waals surface area contributed by atoms with Crippen molar-refractivity contribution in [1.29, 1.82) is 0 Å². The molecule has 29 heavy (non-hydrogen) atoms. The van der Waals surface area contributed by atoms with Crippen molar-refractivity contribution in [2.45, 2.75) is 18.9 Å². The van der Waals surface area contributed by atoms with Crippen LogP contribution < -0.4 is 10.9 Å². The number of fused-ring (bicyclic) bond motifs is 1. The lowest BCUT2D eigenvalue weighted by Crippen LogP contribution is -2.34. The third-order valence-electron chi connectivity index (χ3n) is 4.60. The molecule has 3 aromatic rings. The highest BCUT2D eigenvalue weighted by molar-refractivity contribution is 6.31. The van der Waals surface area contributed by atoms with E-state index in [1.807, 2.05) is 0 Å². The fourth-order valence-electron chi connectivity index (χ4n) is 3.14. The van der Waals surface area contributed by atoms with Crippen LogP contribution in [0.25, 0.3) is 11.0 Å². The summed E-state index contributed by atoms with van der Waals surface area (Å²) >= 11 is 6.03. The van der Waals surface area contributed by atoms with Gasteiger partial charge in [0.1, 0.15) is 28.5 Å². The van der Waals surface area contributed by atoms with Gasteiger partial charge in [-0.3, -0.25) is 4.79 Å². The number of carbonyl (C=O) groups is 1. The number of halogens is 3. The predicted molar refractivity (Wildman–Crippen MR) is 104 cm³/mol. The Morgan fingerprint density at radius 1 is 1.21 bits per heavy atom. The van der Waals surface area contributed by atoms with E-state index in [1.54, 1.807) is 24.3 Å². The van der Waals surface area contributed by atoms with Gasteiger partial charge in [-0.25, -0.2) is 13.8 Å².